The Bertz CT molecular complexity index is 1340. The Balaban J connectivity index is 1.52. The van der Waals surface area contributed by atoms with E-state index >= 15 is 0 Å². The molecule has 7 heteroatoms. The number of pyridine rings is 1. The molecule has 7 nitrogen and oxygen atoms in total. The molecule has 5 aromatic rings. The van der Waals surface area contributed by atoms with Gasteiger partial charge >= 0.3 is 0 Å². The summed E-state index contributed by atoms with van der Waals surface area (Å²) < 4.78 is 7.06. The second-order valence-electron chi connectivity index (χ2n) is 6.80. The van der Waals surface area contributed by atoms with Gasteiger partial charge in [-0.3, -0.25) is 4.79 Å². The molecule has 0 aliphatic heterocycles. The number of nitrogens with one attached hydrogen (secondary N) is 1. The van der Waals surface area contributed by atoms with E-state index in [0.717, 1.165) is 11.3 Å². The quantitative estimate of drug-likeness (QED) is 0.479. The number of carbonyl (C=O) groups excluding carboxylic acids is 1. The number of rotatable bonds is 4. The molecule has 146 valence electrons. The van der Waals surface area contributed by atoms with E-state index in [9.17, 15) is 4.79 Å². The number of para-hydroxylation sites is 1. The number of aromatic nitrogens is 4. The summed E-state index contributed by atoms with van der Waals surface area (Å²) in [7, 11) is 0. The topological polar surface area (TPSA) is 85.8 Å². The summed E-state index contributed by atoms with van der Waals surface area (Å²) in [5.74, 6) is 0.147. The average molecular weight is 395 g/mol. The minimum absolute atomic E-state index is 0.302. The first kappa shape index (κ1) is 17.8. The number of anilines is 1. The minimum atomic E-state index is -0.302. The Kier molecular flexibility index (Phi) is 4.33. The van der Waals surface area contributed by atoms with Crippen molar-refractivity contribution in [3.63, 3.8) is 0 Å². The SMILES string of the molecule is Cc1noc2nc(-c3ccccc3)cc(C(=O)Nc3ccn(-c4ccccc4)n3)c12. The Morgan fingerprint density at radius 3 is 2.50 bits per heavy atom. The zero-order chi connectivity index (χ0) is 20.5. The number of benzene rings is 2. The molecule has 0 spiro atoms. The molecule has 0 aliphatic rings. The number of hydrogen-bond acceptors (Lipinski definition) is 5. The van der Waals surface area contributed by atoms with Gasteiger partial charge in [-0.05, 0) is 25.1 Å². The van der Waals surface area contributed by atoms with Crippen LogP contribution in [0.15, 0.2) is 83.5 Å². The lowest BCUT2D eigenvalue weighted by atomic mass is 10.1. The molecular formula is C23H17N5O2. The van der Waals surface area contributed by atoms with Crippen molar-refractivity contribution in [3.05, 3.63) is 90.3 Å². The molecule has 0 atom stereocenters. The third-order valence-corrected chi connectivity index (χ3v) is 4.78. The second kappa shape index (κ2) is 7.29. The summed E-state index contributed by atoms with van der Waals surface area (Å²) in [5.41, 5.74) is 3.80. The summed E-state index contributed by atoms with van der Waals surface area (Å²) in [6.07, 6.45) is 1.80. The van der Waals surface area contributed by atoms with Gasteiger partial charge in [0.15, 0.2) is 5.82 Å². The summed E-state index contributed by atoms with van der Waals surface area (Å²) in [5, 5.41) is 11.9. The highest BCUT2D eigenvalue weighted by Gasteiger charge is 2.20. The maximum atomic E-state index is 13.1. The highest BCUT2D eigenvalue weighted by molar-refractivity contribution is 6.12. The molecule has 0 fully saturated rings. The van der Waals surface area contributed by atoms with Crippen LogP contribution in [0.25, 0.3) is 28.0 Å². The number of aryl methyl sites for hydroxylation is 1. The Morgan fingerprint density at radius 2 is 1.73 bits per heavy atom. The van der Waals surface area contributed by atoms with E-state index in [2.05, 4.69) is 20.6 Å². The van der Waals surface area contributed by atoms with Gasteiger partial charge in [-0.15, -0.1) is 0 Å². The highest BCUT2D eigenvalue weighted by atomic mass is 16.5. The van der Waals surface area contributed by atoms with Gasteiger partial charge in [0.05, 0.1) is 28.0 Å². The van der Waals surface area contributed by atoms with Crippen molar-refractivity contribution in [2.24, 2.45) is 0 Å². The van der Waals surface area contributed by atoms with Gasteiger partial charge in [0.2, 0.25) is 0 Å². The van der Waals surface area contributed by atoms with Crippen LogP contribution in [-0.2, 0) is 0 Å². The van der Waals surface area contributed by atoms with E-state index in [-0.39, 0.29) is 5.91 Å². The minimum Gasteiger partial charge on any atom is -0.335 e. The summed E-state index contributed by atoms with van der Waals surface area (Å²) >= 11 is 0. The summed E-state index contributed by atoms with van der Waals surface area (Å²) in [4.78, 5) is 17.7. The van der Waals surface area contributed by atoms with Crippen LogP contribution in [-0.4, -0.2) is 25.8 Å². The first-order valence-electron chi connectivity index (χ1n) is 9.44. The standard InChI is InChI=1S/C23H17N5O2/c1-15-21-18(14-19(24-23(21)30-27-15)16-8-4-2-5-9-16)22(29)25-20-12-13-28(26-20)17-10-6-3-7-11-17/h2-14H,1H3,(H,25,26,29). The fourth-order valence-corrected chi connectivity index (χ4v) is 3.33. The first-order chi connectivity index (χ1) is 14.7. The van der Waals surface area contributed by atoms with E-state index in [0.29, 0.717) is 33.9 Å². The number of nitrogens with zero attached hydrogens (tertiary/aromatic N) is 4. The molecule has 0 bridgehead atoms. The molecule has 0 saturated carbocycles. The lowest BCUT2D eigenvalue weighted by molar-refractivity contribution is 0.102. The summed E-state index contributed by atoms with van der Waals surface area (Å²) in [6, 6.07) is 22.8. The fraction of sp³-hybridized carbons (Fsp3) is 0.0435. The van der Waals surface area contributed by atoms with Crippen LogP contribution in [0.3, 0.4) is 0 Å². The molecule has 1 N–H and O–H groups in total. The van der Waals surface area contributed by atoms with Gasteiger partial charge < -0.3 is 9.84 Å². The van der Waals surface area contributed by atoms with Crippen molar-refractivity contribution in [1.29, 1.82) is 0 Å². The van der Waals surface area contributed by atoms with E-state index < -0.39 is 0 Å². The maximum Gasteiger partial charge on any atom is 0.259 e. The Morgan fingerprint density at radius 1 is 1.00 bits per heavy atom. The highest BCUT2D eigenvalue weighted by Crippen LogP contribution is 2.27. The number of carbonyl (C=O) groups is 1. The van der Waals surface area contributed by atoms with Gasteiger partial charge in [-0.2, -0.15) is 5.10 Å². The predicted molar refractivity (Wildman–Crippen MR) is 113 cm³/mol. The number of fused-ring (bicyclic) bond motifs is 1. The van der Waals surface area contributed by atoms with Crippen LogP contribution in [0.4, 0.5) is 5.82 Å². The molecule has 0 unspecified atom stereocenters. The molecule has 5 rings (SSSR count). The smallest absolute Gasteiger partial charge is 0.259 e. The van der Waals surface area contributed by atoms with Crippen LogP contribution in [0.2, 0.25) is 0 Å². The third-order valence-electron chi connectivity index (χ3n) is 4.78. The molecule has 0 saturated heterocycles. The van der Waals surface area contributed by atoms with E-state index in [1.165, 1.54) is 0 Å². The van der Waals surface area contributed by atoms with Crippen LogP contribution < -0.4 is 5.32 Å². The summed E-state index contributed by atoms with van der Waals surface area (Å²) in [6.45, 7) is 1.79. The zero-order valence-corrected chi connectivity index (χ0v) is 16.1. The van der Waals surface area contributed by atoms with Crippen LogP contribution in [0.1, 0.15) is 16.1 Å². The first-order valence-corrected chi connectivity index (χ1v) is 9.44. The van der Waals surface area contributed by atoms with Gasteiger partial charge in [0.1, 0.15) is 0 Å². The van der Waals surface area contributed by atoms with Gasteiger partial charge in [0, 0.05) is 17.8 Å². The molecule has 0 aliphatic carbocycles. The van der Waals surface area contributed by atoms with Crippen molar-refractivity contribution < 1.29 is 9.32 Å². The Hall–Kier alpha value is -4.26. The second-order valence-corrected chi connectivity index (χ2v) is 6.80. The van der Waals surface area contributed by atoms with E-state index in [4.69, 9.17) is 4.52 Å². The monoisotopic (exact) mass is 395 g/mol. The van der Waals surface area contributed by atoms with Crippen molar-refractivity contribution in [3.8, 4) is 16.9 Å². The van der Waals surface area contributed by atoms with Crippen molar-refractivity contribution in [1.82, 2.24) is 19.9 Å². The van der Waals surface area contributed by atoms with Crippen LogP contribution in [0, 0.1) is 6.92 Å². The van der Waals surface area contributed by atoms with Crippen LogP contribution >= 0.6 is 0 Å². The lowest BCUT2D eigenvalue weighted by Gasteiger charge is -2.07. The molecule has 2 aromatic carbocycles. The molecule has 3 aromatic heterocycles. The lowest BCUT2D eigenvalue weighted by Crippen LogP contribution is -2.14. The number of amides is 1. The van der Waals surface area contributed by atoms with Crippen molar-refractivity contribution in [2.45, 2.75) is 6.92 Å². The number of hydrogen-bond donors (Lipinski definition) is 1. The average Bonchev–Trinajstić information content (AvgIpc) is 3.41. The maximum absolute atomic E-state index is 13.1. The largest absolute Gasteiger partial charge is 0.335 e. The molecule has 0 radical (unpaired) electrons. The normalized spacial score (nSPS) is 11.0. The molecule has 30 heavy (non-hydrogen) atoms. The van der Waals surface area contributed by atoms with Crippen molar-refractivity contribution >= 4 is 22.8 Å². The van der Waals surface area contributed by atoms with Crippen molar-refractivity contribution in [2.75, 3.05) is 5.32 Å². The Labute approximate surface area is 172 Å². The van der Waals surface area contributed by atoms with E-state index in [1.807, 2.05) is 60.7 Å². The zero-order valence-electron chi connectivity index (χ0n) is 16.1. The molecule has 3 heterocycles. The van der Waals surface area contributed by atoms with Crippen LogP contribution in [0.5, 0.6) is 0 Å². The fourth-order valence-electron chi connectivity index (χ4n) is 3.33. The van der Waals surface area contributed by atoms with Gasteiger partial charge in [-0.1, -0.05) is 53.7 Å². The molecular weight excluding hydrogens is 378 g/mol. The molecule has 1 amide bonds. The van der Waals surface area contributed by atoms with Gasteiger partial charge in [-0.25, -0.2) is 9.67 Å². The third kappa shape index (κ3) is 3.22. The van der Waals surface area contributed by atoms with Gasteiger partial charge in [0.25, 0.3) is 11.6 Å². The predicted octanol–water partition coefficient (Wildman–Crippen LogP) is 4.64. The van der Waals surface area contributed by atoms with E-state index in [1.54, 1.807) is 29.9 Å².